The molecule has 0 aromatic heterocycles. The van der Waals surface area contributed by atoms with Gasteiger partial charge in [-0.15, -0.1) is 11.8 Å². The molecule has 0 aliphatic heterocycles. The highest BCUT2D eigenvalue weighted by Crippen LogP contribution is 2.27. The fourth-order valence-electron chi connectivity index (χ4n) is 1.25. The van der Waals surface area contributed by atoms with E-state index in [1.54, 1.807) is 6.07 Å². The fourth-order valence-corrected chi connectivity index (χ4v) is 2.03. The molecule has 18 heavy (non-hydrogen) atoms. The van der Waals surface area contributed by atoms with Crippen LogP contribution in [0, 0.1) is 10.1 Å². The molecule has 0 saturated heterocycles. The SMILES string of the molecule is CCCNC(=O)CSc1ccc([N+](=O)[O-])c(N)c1. The van der Waals surface area contributed by atoms with Crippen LogP contribution in [0.2, 0.25) is 0 Å². The highest BCUT2D eigenvalue weighted by Gasteiger charge is 2.11. The van der Waals surface area contributed by atoms with E-state index in [0.717, 1.165) is 11.3 Å². The number of nitrogens with zero attached hydrogens (tertiary/aromatic N) is 1. The number of carbonyl (C=O) groups is 1. The third-order valence-electron chi connectivity index (χ3n) is 2.14. The largest absolute Gasteiger partial charge is 0.393 e. The van der Waals surface area contributed by atoms with Gasteiger partial charge in [-0.3, -0.25) is 14.9 Å². The van der Waals surface area contributed by atoms with Crippen LogP contribution < -0.4 is 11.1 Å². The maximum Gasteiger partial charge on any atom is 0.292 e. The zero-order chi connectivity index (χ0) is 13.5. The lowest BCUT2D eigenvalue weighted by molar-refractivity contribution is -0.383. The molecule has 1 aromatic carbocycles. The molecule has 0 radical (unpaired) electrons. The standard InChI is InChI=1S/C11H15N3O3S/c1-2-5-13-11(15)7-18-8-3-4-10(14(16)17)9(12)6-8/h3-4,6H,2,5,7,12H2,1H3,(H,13,15). The number of nitrogens with two attached hydrogens (primary N) is 1. The molecule has 7 heteroatoms. The van der Waals surface area contributed by atoms with Crippen molar-refractivity contribution < 1.29 is 9.72 Å². The molecule has 0 aliphatic rings. The lowest BCUT2D eigenvalue weighted by Gasteiger charge is -2.04. The van der Waals surface area contributed by atoms with E-state index in [1.165, 1.54) is 23.9 Å². The Bertz CT molecular complexity index is 451. The van der Waals surface area contributed by atoms with Crippen molar-refractivity contribution in [1.29, 1.82) is 0 Å². The van der Waals surface area contributed by atoms with Gasteiger partial charge in [-0.2, -0.15) is 0 Å². The Labute approximate surface area is 109 Å². The maximum absolute atomic E-state index is 11.4. The summed E-state index contributed by atoms with van der Waals surface area (Å²) in [6, 6.07) is 4.45. The molecule has 0 saturated carbocycles. The van der Waals surface area contributed by atoms with Crippen LogP contribution in [-0.2, 0) is 4.79 Å². The van der Waals surface area contributed by atoms with Gasteiger partial charge in [0.05, 0.1) is 10.7 Å². The molecule has 1 rings (SSSR count). The molecule has 0 spiro atoms. The van der Waals surface area contributed by atoms with Gasteiger partial charge in [0.15, 0.2) is 0 Å². The molecule has 0 aliphatic carbocycles. The lowest BCUT2D eigenvalue weighted by atomic mass is 10.3. The van der Waals surface area contributed by atoms with E-state index in [9.17, 15) is 14.9 Å². The number of hydrogen-bond acceptors (Lipinski definition) is 5. The molecule has 0 atom stereocenters. The van der Waals surface area contributed by atoms with Crippen molar-refractivity contribution in [3.05, 3.63) is 28.3 Å². The summed E-state index contributed by atoms with van der Waals surface area (Å²) in [4.78, 5) is 22.1. The van der Waals surface area contributed by atoms with E-state index in [4.69, 9.17) is 5.73 Å². The van der Waals surface area contributed by atoms with Crippen LogP contribution in [0.4, 0.5) is 11.4 Å². The molecule has 0 bridgehead atoms. The van der Waals surface area contributed by atoms with E-state index in [0.29, 0.717) is 6.54 Å². The third kappa shape index (κ3) is 4.25. The maximum atomic E-state index is 11.4. The number of nitro benzene ring substituents is 1. The predicted molar refractivity (Wildman–Crippen MR) is 71.5 cm³/mol. The summed E-state index contributed by atoms with van der Waals surface area (Å²) < 4.78 is 0. The Kier molecular flexibility index (Phi) is 5.44. The van der Waals surface area contributed by atoms with Crippen LogP contribution in [0.1, 0.15) is 13.3 Å². The highest BCUT2D eigenvalue weighted by molar-refractivity contribution is 8.00. The minimum Gasteiger partial charge on any atom is -0.393 e. The second kappa shape index (κ2) is 6.85. The Morgan fingerprint density at radius 2 is 2.28 bits per heavy atom. The number of amides is 1. The van der Waals surface area contributed by atoms with E-state index in [1.807, 2.05) is 6.92 Å². The van der Waals surface area contributed by atoms with Gasteiger partial charge < -0.3 is 11.1 Å². The number of nitrogens with one attached hydrogen (secondary N) is 1. The van der Waals surface area contributed by atoms with Gasteiger partial charge in [-0.05, 0) is 18.6 Å². The van der Waals surface area contributed by atoms with Crippen molar-refractivity contribution in [3.63, 3.8) is 0 Å². The number of benzene rings is 1. The first-order chi connectivity index (χ1) is 8.54. The van der Waals surface area contributed by atoms with Crippen molar-refractivity contribution >= 4 is 29.0 Å². The molecular formula is C11H15N3O3S. The van der Waals surface area contributed by atoms with Gasteiger partial charge in [0, 0.05) is 17.5 Å². The van der Waals surface area contributed by atoms with Crippen LogP contribution >= 0.6 is 11.8 Å². The average molecular weight is 269 g/mol. The summed E-state index contributed by atoms with van der Waals surface area (Å²) in [7, 11) is 0. The van der Waals surface area contributed by atoms with Gasteiger partial charge >= 0.3 is 0 Å². The highest BCUT2D eigenvalue weighted by atomic mass is 32.2. The number of nitro groups is 1. The van der Waals surface area contributed by atoms with E-state index >= 15 is 0 Å². The minimum absolute atomic E-state index is 0.0567. The van der Waals surface area contributed by atoms with Crippen LogP contribution in [0.25, 0.3) is 0 Å². The molecule has 0 unspecified atom stereocenters. The third-order valence-corrected chi connectivity index (χ3v) is 3.13. The van der Waals surface area contributed by atoms with Crippen molar-refractivity contribution in [3.8, 4) is 0 Å². The molecular weight excluding hydrogens is 254 g/mol. The smallest absolute Gasteiger partial charge is 0.292 e. The number of rotatable bonds is 6. The van der Waals surface area contributed by atoms with Crippen LogP contribution in [0.5, 0.6) is 0 Å². The fraction of sp³-hybridized carbons (Fsp3) is 0.364. The molecule has 6 nitrogen and oxygen atoms in total. The van der Waals surface area contributed by atoms with Crippen molar-refractivity contribution in [1.82, 2.24) is 5.32 Å². The first-order valence-electron chi connectivity index (χ1n) is 5.48. The number of thioether (sulfide) groups is 1. The van der Waals surface area contributed by atoms with Crippen LogP contribution in [-0.4, -0.2) is 23.1 Å². The Hall–Kier alpha value is -1.76. The first-order valence-corrected chi connectivity index (χ1v) is 6.46. The zero-order valence-corrected chi connectivity index (χ0v) is 10.8. The summed E-state index contributed by atoms with van der Waals surface area (Å²) >= 11 is 1.30. The predicted octanol–water partition coefficient (Wildman–Crippen LogP) is 1.80. The second-order valence-corrected chi connectivity index (χ2v) is 4.67. The second-order valence-electron chi connectivity index (χ2n) is 3.62. The summed E-state index contributed by atoms with van der Waals surface area (Å²) in [5, 5.41) is 13.3. The Morgan fingerprint density at radius 1 is 1.56 bits per heavy atom. The number of carbonyl (C=O) groups excluding carboxylic acids is 1. The molecule has 98 valence electrons. The van der Waals surface area contributed by atoms with Crippen molar-refractivity contribution in [2.24, 2.45) is 0 Å². The van der Waals surface area contributed by atoms with Gasteiger partial charge in [0.2, 0.25) is 5.91 Å². The molecule has 0 heterocycles. The van der Waals surface area contributed by atoms with Gasteiger partial charge in [0.1, 0.15) is 5.69 Å². The summed E-state index contributed by atoms with van der Waals surface area (Å²) in [5.41, 5.74) is 5.55. The quantitative estimate of drug-likeness (QED) is 0.355. The zero-order valence-electron chi connectivity index (χ0n) is 10.0. The molecule has 1 amide bonds. The number of hydrogen-bond donors (Lipinski definition) is 2. The summed E-state index contributed by atoms with van der Waals surface area (Å²) in [5.74, 6) is 0.218. The Morgan fingerprint density at radius 3 is 2.83 bits per heavy atom. The van der Waals surface area contributed by atoms with Crippen molar-refractivity contribution in [2.75, 3.05) is 18.0 Å². The van der Waals surface area contributed by atoms with Crippen molar-refractivity contribution in [2.45, 2.75) is 18.2 Å². The topological polar surface area (TPSA) is 98.3 Å². The van der Waals surface area contributed by atoms with Gasteiger partial charge in [-0.25, -0.2) is 0 Å². The molecule has 0 fully saturated rings. The molecule has 3 N–H and O–H groups in total. The van der Waals surface area contributed by atoms with Gasteiger partial charge in [0.25, 0.3) is 5.69 Å². The lowest BCUT2D eigenvalue weighted by Crippen LogP contribution is -2.25. The first kappa shape index (κ1) is 14.3. The van der Waals surface area contributed by atoms with E-state index < -0.39 is 4.92 Å². The normalized spacial score (nSPS) is 10.1. The molecule has 1 aromatic rings. The number of nitrogen functional groups attached to an aromatic ring is 1. The summed E-state index contributed by atoms with van der Waals surface area (Å²) in [6.45, 7) is 2.63. The van der Waals surface area contributed by atoms with Crippen LogP contribution in [0.15, 0.2) is 23.1 Å². The minimum atomic E-state index is -0.530. The van der Waals surface area contributed by atoms with Crippen LogP contribution in [0.3, 0.4) is 0 Å². The van der Waals surface area contributed by atoms with Gasteiger partial charge in [-0.1, -0.05) is 6.92 Å². The van der Waals surface area contributed by atoms with E-state index in [-0.39, 0.29) is 23.0 Å². The summed E-state index contributed by atoms with van der Waals surface area (Å²) in [6.07, 6.45) is 0.890. The monoisotopic (exact) mass is 269 g/mol. The number of anilines is 1. The van der Waals surface area contributed by atoms with E-state index in [2.05, 4.69) is 5.32 Å². The Balaban J connectivity index is 2.56. The average Bonchev–Trinajstić information content (AvgIpc) is 2.33.